The van der Waals surface area contributed by atoms with E-state index in [-0.39, 0.29) is 17.6 Å². The molecule has 1 aliphatic heterocycles. The Labute approximate surface area is 122 Å². The highest BCUT2D eigenvalue weighted by Gasteiger charge is 2.25. The fraction of sp³-hybridized carbons (Fsp3) is 0.429. The Morgan fingerprint density at radius 2 is 2.38 bits per heavy atom. The summed E-state index contributed by atoms with van der Waals surface area (Å²) in [6.45, 7) is 1.28. The van der Waals surface area contributed by atoms with Crippen molar-refractivity contribution in [1.82, 2.24) is 14.8 Å². The number of ether oxygens (including phenoxy) is 1. The summed E-state index contributed by atoms with van der Waals surface area (Å²) >= 11 is 0. The van der Waals surface area contributed by atoms with Gasteiger partial charge in [0.25, 0.3) is 0 Å². The molecule has 1 aromatic heterocycles. The molecule has 6 nitrogen and oxygen atoms in total. The number of anilines is 1. The zero-order valence-electron chi connectivity index (χ0n) is 11.8. The van der Waals surface area contributed by atoms with Crippen molar-refractivity contribution in [3.8, 4) is 5.75 Å². The third-order valence-electron chi connectivity index (χ3n) is 3.60. The van der Waals surface area contributed by atoms with Crippen molar-refractivity contribution < 1.29 is 9.13 Å². The molecular weight excluding hydrogens is 273 g/mol. The zero-order valence-corrected chi connectivity index (χ0v) is 11.8. The summed E-state index contributed by atoms with van der Waals surface area (Å²) in [6, 6.07) is 4.99. The van der Waals surface area contributed by atoms with Crippen molar-refractivity contribution in [2.75, 3.05) is 25.5 Å². The molecule has 1 aliphatic rings. The topological polar surface area (TPSA) is 78.0 Å². The molecule has 7 heteroatoms. The lowest BCUT2D eigenvalue weighted by molar-refractivity contribution is 0.384. The SMILES string of the molecule is COc1ccc(C2CCNc3nc(CCN)nn32)cc1F. The molecule has 112 valence electrons. The normalized spacial score (nSPS) is 17.2. The molecule has 2 aromatic rings. The number of fused-ring (bicyclic) bond motifs is 1. The van der Waals surface area contributed by atoms with Gasteiger partial charge in [-0.3, -0.25) is 0 Å². The van der Waals surface area contributed by atoms with Gasteiger partial charge in [0, 0.05) is 13.0 Å². The summed E-state index contributed by atoms with van der Waals surface area (Å²) in [7, 11) is 1.46. The molecule has 3 N–H and O–H groups in total. The summed E-state index contributed by atoms with van der Waals surface area (Å²) in [5.41, 5.74) is 6.40. The van der Waals surface area contributed by atoms with Gasteiger partial charge < -0.3 is 15.8 Å². The number of hydrogen-bond donors (Lipinski definition) is 2. The van der Waals surface area contributed by atoms with Gasteiger partial charge in [0.15, 0.2) is 17.4 Å². The zero-order chi connectivity index (χ0) is 14.8. The van der Waals surface area contributed by atoms with Crippen LogP contribution < -0.4 is 15.8 Å². The van der Waals surface area contributed by atoms with Crippen molar-refractivity contribution >= 4 is 5.95 Å². The highest BCUT2D eigenvalue weighted by molar-refractivity contribution is 5.36. The number of nitrogens with one attached hydrogen (secondary N) is 1. The highest BCUT2D eigenvalue weighted by Crippen LogP contribution is 2.30. The molecule has 0 saturated heterocycles. The van der Waals surface area contributed by atoms with E-state index in [2.05, 4.69) is 15.4 Å². The fourth-order valence-corrected chi connectivity index (χ4v) is 2.58. The Bertz CT molecular complexity index is 642. The van der Waals surface area contributed by atoms with Crippen LogP contribution >= 0.6 is 0 Å². The maximum absolute atomic E-state index is 13.9. The minimum atomic E-state index is -0.364. The standard InChI is InChI=1S/C14H18FN5O/c1-21-12-3-2-9(8-10(12)15)11-5-7-17-14-18-13(4-6-16)19-20(11)14/h2-3,8,11H,4-7,16H2,1H3,(H,17,18,19). The molecule has 0 radical (unpaired) electrons. The number of rotatable bonds is 4. The molecule has 1 atom stereocenters. The first-order chi connectivity index (χ1) is 10.2. The number of nitrogens with two attached hydrogens (primary N) is 1. The number of halogens is 1. The van der Waals surface area contributed by atoms with Crippen LogP contribution in [0.3, 0.4) is 0 Å². The van der Waals surface area contributed by atoms with E-state index in [1.165, 1.54) is 13.2 Å². The monoisotopic (exact) mass is 291 g/mol. The molecule has 0 aliphatic carbocycles. The van der Waals surface area contributed by atoms with Gasteiger partial charge in [-0.25, -0.2) is 9.07 Å². The third-order valence-corrected chi connectivity index (χ3v) is 3.60. The predicted octanol–water partition coefficient (Wildman–Crippen LogP) is 1.33. The van der Waals surface area contributed by atoms with Crippen LogP contribution in [0.5, 0.6) is 5.75 Å². The van der Waals surface area contributed by atoms with E-state index in [0.29, 0.717) is 24.7 Å². The van der Waals surface area contributed by atoms with Gasteiger partial charge in [-0.2, -0.15) is 10.1 Å². The Kier molecular flexibility index (Phi) is 3.74. The van der Waals surface area contributed by atoms with Gasteiger partial charge in [-0.15, -0.1) is 0 Å². The van der Waals surface area contributed by atoms with Crippen molar-refractivity contribution in [2.24, 2.45) is 5.73 Å². The molecule has 0 bridgehead atoms. The maximum atomic E-state index is 13.9. The van der Waals surface area contributed by atoms with Crippen molar-refractivity contribution in [2.45, 2.75) is 18.9 Å². The van der Waals surface area contributed by atoms with E-state index in [1.54, 1.807) is 6.07 Å². The second kappa shape index (κ2) is 5.69. The van der Waals surface area contributed by atoms with Gasteiger partial charge >= 0.3 is 0 Å². The van der Waals surface area contributed by atoms with E-state index >= 15 is 0 Å². The summed E-state index contributed by atoms with van der Waals surface area (Å²) < 4.78 is 20.7. The average molecular weight is 291 g/mol. The Morgan fingerprint density at radius 1 is 1.52 bits per heavy atom. The molecule has 0 fully saturated rings. The summed E-state index contributed by atoms with van der Waals surface area (Å²) in [5.74, 6) is 1.31. The quantitative estimate of drug-likeness (QED) is 0.888. The largest absolute Gasteiger partial charge is 0.494 e. The van der Waals surface area contributed by atoms with E-state index in [1.807, 2.05) is 10.7 Å². The van der Waals surface area contributed by atoms with E-state index in [4.69, 9.17) is 10.5 Å². The maximum Gasteiger partial charge on any atom is 0.221 e. The van der Waals surface area contributed by atoms with Crippen LogP contribution in [0.2, 0.25) is 0 Å². The van der Waals surface area contributed by atoms with Crippen LogP contribution in [0.15, 0.2) is 18.2 Å². The molecule has 0 saturated carbocycles. The van der Waals surface area contributed by atoms with Gasteiger partial charge in [0.2, 0.25) is 5.95 Å². The van der Waals surface area contributed by atoms with Crippen molar-refractivity contribution in [3.05, 3.63) is 35.4 Å². The summed E-state index contributed by atoms with van der Waals surface area (Å²) in [6.07, 6.45) is 1.45. The molecule has 2 heterocycles. The second-order valence-electron chi connectivity index (χ2n) is 4.96. The molecule has 3 rings (SSSR count). The number of benzene rings is 1. The number of hydrogen-bond acceptors (Lipinski definition) is 5. The molecule has 21 heavy (non-hydrogen) atoms. The van der Waals surface area contributed by atoms with Crippen LogP contribution in [-0.2, 0) is 6.42 Å². The molecule has 1 aromatic carbocycles. The van der Waals surface area contributed by atoms with Gasteiger partial charge in [0.05, 0.1) is 13.2 Å². The fourth-order valence-electron chi connectivity index (χ4n) is 2.58. The third kappa shape index (κ3) is 2.56. The number of methoxy groups -OCH3 is 1. The molecule has 1 unspecified atom stereocenters. The van der Waals surface area contributed by atoms with Gasteiger partial charge in [-0.05, 0) is 30.7 Å². The van der Waals surface area contributed by atoms with Crippen molar-refractivity contribution in [1.29, 1.82) is 0 Å². The van der Waals surface area contributed by atoms with Gasteiger partial charge in [0.1, 0.15) is 0 Å². The second-order valence-corrected chi connectivity index (χ2v) is 4.96. The smallest absolute Gasteiger partial charge is 0.221 e. The molecular formula is C14H18FN5O. The minimum absolute atomic E-state index is 0.0271. The summed E-state index contributed by atoms with van der Waals surface area (Å²) in [4.78, 5) is 4.41. The van der Waals surface area contributed by atoms with Crippen LogP contribution in [0, 0.1) is 5.82 Å². The first kappa shape index (κ1) is 13.8. The minimum Gasteiger partial charge on any atom is -0.494 e. The lowest BCUT2D eigenvalue weighted by atomic mass is 10.0. The van der Waals surface area contributed by atoms with Crippen LogP contribution in [0.4, 0.5) is 10.3 Å². The van der Waals surface area contributed by atoms with Gasteiger partial charge in [-0.1, -0.05) is 6.07 Å². The van der Waals surface area contributed by atoms with E-state index in [9.17, 15) is 4.39 Å². The Balaban J connectivity index is 1.95. The summed E-state index contributed by atoms with van der Waals surface area (Å²) in [5, 5.41) is 7.69. The highest BCUT2D eigenvalue weighted by atomic mass is 19.1. The number of nitrogens with zero attached hydrogens (tertiary/aromatic N) is 3. The number of aromatic nitrogens is 3. The Hall–Kier alpha value is -2.15. The average Bonchev–Trinajstić information content (AvgIpc) is 2.90. The predicted molar refractivity (Wildman–Crippen MR) is 77.0 cm³/mol. The first-order valence-corrected chi connectivity index (χ1v) is 6.95. The molecule has 0 spiro atoms. The van der Waals surface area contributed by atoms with Crippen molar-refractivity contribution in [3.63, 3.8) is 0 Å². The van der Waals surface area contributed by atoms with Crippen LogP contribution in [-0.4, -0.2) is 35.0 Å². The lowest BCUT2D eigenvalue weighted by Crippen LogP contribution is -2.24. The van der Waals surface area contributed by atoms with E-state index < -0.39 is 0 Å². The Morgan fingerprint density at radius 3 is 3.10 bits per heavy atom. The van der Waals surface area contributed by atoms with Crippen LogP contribution in [0.1, 0.15) is 23.9 Å². The first-order valence-electron chi connectivity index (χ1n) is 6.95. The van der Waals surface area contributed by atoms with Crippen LogP contribution in [0.25, 0.3) is 0 Å². The lowest BCUT2D eigenvalue weighted by Gasteiger charge is -2.24. The molecule has 0 amide bonds. The van der Waals surface area contributed by atoms with E-state index in [0.717, 1.165) is 18.5 Å².